The second kappa shape index (κ2) is 5.61. The Bertz CT molecular complexity index is 480. The van der Waals surface area contributed by atoms with Gasteiger partial charge in [0.15, 0.2) is 5.82 Å². The number of hydrogen-bond donors (Lipinski definition) is 1. The van der Waals surface area contributed by atoms with Crippen LogP contribution in [0.5, 0.6) is 0 Å². The maximum atomic E-state index is 13.6. The molecular formula is C13H16F2N2O2. The molecular weight excluding hydrogens is 254 g/mol. The molecule has 1 N–H and O–H groups in total. The summed E-state index contributed by atoms with van der Waals surface area (Å²) >= 11 is 0. The van der Waals surface area contributed by atoms with Crippen molar-refractivity contribution in [2.45, 2.75) is 38.3 Å². The van der Waals surface area contributed by atoms with E-state index in [0.717, 1.165) is 19.0 Å². The number of aromatic nitrogens is 1. The highest BCUT2D eigenvalue weighted by molar-refractivity contribution is 5.94. The third-order valence-electron chi connectivity index (χ3n) is 3.33. The fourth-order valence-electron chi connectivity index (χ4n) is 2.48. The summed E-state index contributed by atoms with van der Waals surface area (Å²) in [5.74, 6) is -3.02. The highest BCUT2D eigenvalue weighted by Crippen LogP contribution is 2.24. The molecule has 2 rings (SSSR count). The lowest BCUT2D eigenvalue weighted by Crippen LogP contribution is -2.37. The minimum Gasteiger partial charge on any atom is -0.393 e. The molecule has 104 valence electrons. The lowest BCUT2D eigenvalue weighted by molar-refractivity contribution is 0.0676. The minimum atomic E-state index is -1.27. The molecule has 2 unspecified atom stereocenters. The van der Waals surface area contributed by atoms with Crippen LogP contribution in [0.15, 0.2) is 12.3 Å². The average molecular weight is 270 g/mol. The monoisotopic (exact) mass is 270 g/mol. The van der Waals surface area contributed by atoms with E-state index in [9.17, 15) is 18.7 Å². The number of amides is 1. The highest BCUT2D eigenvalue weighted by atomic mass is 19.2. The maximum absolute atomic E-state index is 13.6. The largest absolute Gasteiger partial charge is 0.393 e. The number of aliphatic hydroxyl groups is 1. The van der Waals surface area contributed by atoms with Gasteiger partial charge in [-0.25, -0.2) is 9.37 Å². The smallest absolute Gasteiger partial charge is 0.257 e. The van der Waals surface area contributed by atoms with Gasteiger partial charge in [0.1, 0.15) is 0 Å². The zero-order valence-electron chi connectivity index (χ0n) is 10.6. The number of halogens is 2. The number of aliphatic hydroxyl groups excluding tert-OH is 1. The molecule has 0 bridgehead atoms. The number of pyridine rings is 1. The van der Waals surface area contributed by atoms with E-state index in [2.05, 4.69) is 4.98 Å². The lowest BCUT2D eigenvalue weighted by atomic mass is 10.1. The number of hydrogen-bond acceptors (Lipinski definition) is 3. The molecule has 0 radical (unpaired) electrons. The molecule has 1 aliphatic heterocycles. The SMILES string of the molecule is CC(O)CC1CCCN1C(=O)c1ccnc(F)c1F. The predicted molar refractivity (Wildman–Crippen MR) is 64.5 cm³/mol. The number of carbonyl (C=O) groups is 1. The van der Waals surface area contributed by atoms with Gasteiger partial charge in [-0.05, 0) is 32.3 Å². The van der Waals surface area contributed by atoms with Gasteiger partial charge in [-0.15, -0.1) is 0 Å². The zero-order chi connectivity index (χ0) is 14.0. The Kier molecular flexibility index (Phi) is 4.09. The van der Waals surface area contributed by atoms with E-state index < -0.39 is 23.8 Å². The molecule has 1 amide bonds. The number of nitrogens with zero attached hydrogens (tertiary/aromatic N) is 2. The Hall–Kier alpha value is -1.56. The summed E-state index contributed by atoms with van der Waals surface area (Å²) in [5.41, 5.74) is -0.301. The van der Waals surface area contributed by atoms with Crippen molar-refractivity contribution in [3.8, 4) is 0 Å². The lowest BCUT2D eigenvalue weighted by Gasteiger charge is -2.25. The molecule has 0 aromatic carbocycles. The van der Waals surface area contributed by atoms with Crippen LogP contribution >= 0.6 is 0 Å². The average Bonchev–Trinajstić information content (AvgIpc) is 2.79. The molecule has 1 aromatic heterocycles. The van der Waals surface area contributed by atoms with E-state index >= 15 is 0 Å². The standard InChI is InChI=1S/C13H16F2N2O2/c1-8(18)7-9-3-2-6-17(9)13(19)10-4-5-16-12(15)11(10)14/h4-5,8-9,18H,2-3,6-7H2,1H3. The fourth-order valence-corrected chi connectivity index (χ4v) is 2.48. The molecule has 1 saturated heterocycles. The third-order valence-corrected chi connectivity index (χ3v) is 3.33. The minimum absolute atomic E-state index is 0.122. The molecule has 6 heteroatoms. The van der Waals surface area contributed by atoms with Crippen molar-refractivity contribution < 1.29 is 18.7 Å². The second-order valence-corrected chi connectivity index (χ2v) is 4.84. The Morgan fingerprint density at radius 2 is 2.37 bits per heavy atom. The van der Waals surface area contributed by atoms with Crippen molar-refractivity contribution >= 4 is 5.91 Å². The summed E-state index contributed by atoms with van der Waals surface area (Å²) in [4.78, 5) is 16.9. The van der Waals surface area contributed by atoms with E-state index in [1.165, 1.54) is 11.0 Å². The third kappa shape index (κ3) is 2.89. The predicted octanol–water partition coefficient (Wildman–Crippen LogP) is 1.74. The van der Waals surface area contributed by atoms with Crippen LogP contribution in [0, 0.1) is 11.8 Å². The molecule has 19 heavy (non-hydrogen) atoms. The molecule has 1 fully saturated rings. The van der Waals surface area contributed by atoms with Crippen LogP contribution < -0.4 is 0 Å². The Morgan fingerprint density at radius 1 is 1.63 bits per heavy atom. The van der Waals surface area contributed by atoms with E-state index in [0.29, 0.717) is 13.0 Å². The molecule has 0 aliphatic carbocycles. The van der Waals surface area contributed by atoms with Gasteiger partial charge in [-0.1, -0.05) is 0 Å². The van der Waals surface area contributed by atoms with Gasteiger partial charge >= 0.3 is 0 Å². The second-order valence-electron chi connectivity index (χ2n) is 4.84. The fraction of sp³-hybridized carbons (Fsp3) is 0.538. The Morgan fingerprint density at radius 3 is 3.05 bits per heavy atom. The number of likely N-dealkylation sites (tertiary alicyclic amines) is 1. The van der Waals surface area contributed by atoms with Crippen molar-refractivity contribution in [3.63, 3.8) is 0 Å². The number of rotatable bonds is 3. The van der Waals surface area contributed by atoms with Crippen molar-refractivity contribution in [2.75, 3.05) is 6.54 Å². The van der Waals surface area contributed by atoms with E-state index in [4.69, 9.17) is 0 Å². The molecule has 0 spiro atoms. The van der Waals surface area contributed by atoms with Gasteiger partial charge in [0.25, 0.3) is 5.91 Å². The van der Waals surface area contributed by atoms with Gasteiger partial charge in [0, 0.05) is 18.8 Å². The van der Waals surface area contributed by atoms with E-state index in [-0.39, 0.29) is 11.6 Å². The van der Waals surface area contributed by atoms with Gasteiger partial charge in [-0.2, -0.15) is 4.39 Å². The highest BCUT2D eigenvalue weighted by Gasteiger charge is 2.32. The molecule has 0 saturated carbocycles. The zero-order valence-corrected chi connectivity index (χ0v) is 10.6. The number of carbonyl (C=O) groups excluding carboxylic acids is 1. The van der Waals surface area contributed by atoms with Crippen molar-refractivity contribution in [1.29, 1.82) is 0 Å². The molecule has 2 atom stereocenters. The molecule has 4 nitrogen and oxygen atoms in total. The molecule has 1 aromatic rings. The van der Waals surface area contributed by atoms with Crippen LogP contribution in [0.1, 0.15) is 36.5 Å². The van der Waals surface area contributed by atoms with Crippen LogP contribution in [0.2, 0.25) is 0 Å². The first-order valence-electron chi connectivity index (χ1n) is 6.29. The van der Waals surface area contributed by atoms with E-state index in [1.54, 1.807) is 6.92 Å². The van der Waals surface area contributed by atoms with Crippen LogP contribution in [-0.4, -0.2) is 39.6 Å². The topological polar surface area (TPSA) is 53.4 Å². The molecule has 1 aliphatic rings. The Balaban J connectivity index is 2.21. The summed E-state index contributed by atoms with van der Waals surface area (Å²) in [7, 11) is 0. The first-order valence-corrected chi connectivity index (χ1v) is 6.29. The van der Waals surface area contributed by atoms with Crippen LogP contribution in [-0.2, 0) is 0 Å². The van der Waals surface area contributed by atoms with Crippen molar-refractivity contribution in [1.82, 2.24) is 9.88 Å². The van der Waals surface area contributed by atoms with Crippen LogP contribution in [0.4, 0.5) is 8.78 Å². The van der Waals surface area contributed by atoms with Crippen LogP contribution in [0.25, 0.3) is 0 Å². The summed E-state index contributed by atoms with van der Waals surface area (Å²) < 4.78 is 26.6. The van der Waals surface area contributed by atoms with Gasteiger partial charge in [0.05, 0.1) is 11.7 Å². The van der Waals surface area contributed by atoms with Crippen LogP contribution in [0.3, 0.4) is 0 Å². The van der Waals surface area contributed by atoms with Crippen molar-refractivity contribution in [2.24, 2.45) is 0 Å². The maximum Gasteiger partial charge on any atom is 0.257 e. The van der Waals surface area contributed by atoms with Crippen molar-refractivity contribution in [3.05, 3.63) is 29.6 Å². The van der Waals surface area contributed by atoms with Gasteiger partial charge in [0.2, 0.25) is 5.95 Å². The molecule has 2 heterocycles. The van der Waals surface area contributed by atoms with E-state index in [1.807, 2.05) is 0 Å². The summed E-state index contributed by atoms with van der Waals surface area (Å²) in [6, 6.07) is 1.06. The summed E-state index contributed by atoms with van der Waals surface area (Å²) in [5, 5.41) is 9.40. The first kappa shape index (κ1) is 13.9. The summed E-state index contributed by atoms with van der Waals surface area (Å²) in [6.45, 7) is 2.15. The van der Waals surface area contributed by atoms with Gasteiger partial charge < -0.3 is 10.0 Å². The first-order chi connectivity index (χ1) is 9.00. The quantitative estimate of drug-likeness (QED) is 0.851. The normalized spacial score (nSPS) is 20.6. The summed E-state index contributed by atoms with van der Waals surface area (Å²) in [6.07, 6.45) is 2.56. The van der Waals surface area contributed by atoms with Gasteiger partial charge in [-0.3, -0.25) is 4.79 Å². The Labute approximate surface area is 110 Å².